The summed E-state index contributed by atoms with van der Waals surface area (Å²) in [5, 5.41) is 5.17. The third kappa shape index (κ3) is 3.09. The Balaban J connectivity index is 1.62. The molecule has 2 aromatic rings. The van der Waals surface area contributed by atoms with Crippen LogP contribution in [0.5, 0.6) is 0 Å². The molecule has 2 aliphatic carbocycles. The van der Waals surface area contributed by atoms with E-state index in [1.54, 1.807) is 12.1 Å². The standard InChI is InChI=1S/C20H18INO2S/c21-17-5-1-15(2-6-17)19-10-12-20(19)11-9-16(13-20)14-3-7-18(8-4-14)25(22,23)24/h1-9,11,13,19H,10,12H2,(H2,22,23,24). The van der Waals surface area contributed by atoms with Gasteiger partial charge in [-0.1, -0.05) is 42.5 Å². The van der Waals surface area contributed by atoms with Crippen molar-refractivity contribution in [2.24, 2.45) is 10.6 Å². The van der Waals surface area contributed by atoms with E-state index in [9.17, 15) is 8.42 Å². The topological polar surface area (TPSA) is 60.2 Å². The van der Waals surface area contributed by atoms with E-state index in [-0.39, 0.29) is 10.3 Å². The summed E-state index contributed by atoms with van der Waals surface area (Å²) in [5.74, 6) is 0.516. The maximum absolute atomic E-state index is 11.4. The van der Waals surface area contributed by atoms with E-state index >= 15 is 0 Å². The lowest BCUT2D eigenvalue weighted by Gasteiger charge is -2.45. The number of benzene rings is 2. The second kappa shape index (κ2) is 6.07. The van der Waals surface area contributed by atoms with Crippen LogP contribution in [0.3, 0.4) is 0 Å². The van der Waals surface area contributed by atoms with Gasteiger partial charge in [0.05, 0.1) is 4.90 Å². The first-order valence-corrected chi connectivity index (χ1v) is 10.8. The first-order valence-electron chi connectivity index (χ1n) is 8.18. The van der Waals surface area contributed by atoms with Crippen LogP contribution in [0, 0.1) is 8.99 Å². The van der Waals surface area contributed by atoms with E-state index in [1.807, 2.05) is 12.1 Å². The van der Waals surface area contributed by atoms with Gasteiger partial charge in [0.2, 0.25) is 10.0 Å². The fourth-order valence-electron chi connectivity index (χ4n) is 3.81. The Morgan fingerprint density at radius 3 is 2.28 bits per heavy atom. The smallest absolute Gasteiger partial charge is 0.225 e. The van der Waals surface area contributed by atoms with Crippen LogP contribution in [-0.2, 0) is 10.0 Å². The largest absolute Gasteiger partial charge is 0.238 e. The molecule has 1 fully saturated rings. The molecule has 128 valence electrons. The summed E-state index contributed by atoms with van der Waals surface area (Å²) < 4.78 is 24.0. The maximum Gasteiger partial charge on any atom is 0.238 e. The van der Waals surface area contributed by atoms with Crippen molar-refractivity contribution in [3.63, 3.8) is 0 Å². The van der Waals surface area contributed by atoms with Gasteiger partial charge in [-0.15, -0.1) is 0 Å². The van der Waals surface area contributed by atoms with Crippen molar-refractivity contribution < 1.29 is 8.42 Å². The molecule has 0 radical (unpaired) electrons. The number of nitrogens with two attached hydrogens (primary N) is 1. The molecule has 2 unspecified atom stereocenters. The zero-order chi connectivity index (χ0) is 17.7. The second-order valence-corrected chi connectivity index (χ2v) is 9.56. The van der Waals surface area contributed by atoms with Crippen molar-refractivity contribution in [3.05, 3.63) is 81.5 Å². The van der Waals surface area contributed by atoms with Gasteiger partial charge >= 0.3 is 0 Å². The molecule has 1 saturated carbocycles. The lowest BCUT2D eigenvalue weighted by molar-refractivity contribution is 0.221. The number of hydrogen-bond donors (Lipinski definition) is 1. The highest BCUT2D eigenvalue weighted by Gasteiger charge is 2.45. The minimum Gasteiger partial charge on any atom is -0.225 e. The molecule has 0 saturated heterocycles. The first-order chi connectivity index (χ1) is 11.9. The number of sulfonamides is 1. The van der Waals surface area contributed by atoms with E-state index in [4.69, 9.17) is 5.14 Å². The summed E-state index contributed by atoms with van der Waals surface area (Å²) in [4.78, 5) is 0.147. The van der Waals surface area contributed by atoms with Crippen molar-refractivity contribution in [2.75, 3.05) is 0 Å². The highest BCUT2D eigenvalue weighted by atomic mass is 127. The van der Waals surface area contributed by atoms with Crippen LogP contribution in [0.25, 0.3) is 5.57 Å². The average molecular weight is 463 g/mol. The van der Waals surface area contributed by atoms with Gasteiger partial charge in [0.25, 0.3) is 0 Å². The van der Waals surface area contributed by atoms with E-state index in [0.29, 0.717) is 5.92 Å². The number of primary sulfonamides is 1. The molecule has 2 atom stereocenters. The van der Waals surface area contributed by atoms with Gasteiger partial charge in [0, 0.05) is 8.99 Å². The number of allylic oxidation sites excluding steroid dienone is 4. The molecule has 0 heterocycles. The van der Waals surface area contributed by atoms with Crippen molar-refractivity contribution in [2.45, 2.75) is 23.7 Å². The summed E-state index contributed by atoms with van der Waals surface area (Å²) >= 11 is 2.33. The van der Waals surface area contributed by atoms with Gasteiger partial charge in [-0.2, -0.15) is 0 Å². The number of hydrogen-bond acceptors (Lipinski definition) is 2. The molecule has 0 amide bonds. The van der Waals surface area contributed by atoms with Crippen LogP contribution in [0.15, 0.2) is 71.7 Å². The average Bonchev–Trinajstić information content (AvgIpc) is 3.03. The summed E-state index contributed by atoms with van der Waals surface area (Å²) in [5.41, 5.74) is 3.66. The molecule has 0 aliphatic heterocycles. The van der Waals surface area contributed by atoms with Crippen LogP contribution in [-0.4, -0.2) is 8.42 Å². The predicted octanol–water partition coefficient (Wildman–Crippen LogP) is 4.46. The number of rotatable bonds is 3. The van der Waals surface area contributed by atoms with Gasteiger partial charge in [-0.05, 0) is 82.3 Å². The SMILES string of the molecule is NS(=O)(=O)c1ccc(C2=CC3(C=C2)CCC3c2ccc(I)cc2)cc1. The fraction of sp³-hybridized carbons (Fsp3) is 0.200. The molecule has 1 spiro atoms. The highest BCUT2D eigenvalue weighted by molar-refractivity contribution is 14.1. The Labute approximate surface area is 161 Å². The quantitative estimate of drug-likeness (QED) is 0.684. The fourth-order valence-corrected chi connectivity index (χ4v) is 4.69. The van der Waals surface area contributed by atoms with Crippen molar-refractivity contribution in [1.82, 2.24) is 0 Å². The van der Waals surface area contributed by atoms with Gasteiger partial charge in [-0.25, -0.2) is 13.6 Å². The molecule has 0 aromatic heterocycles. The molecular weight excluding hydrogens is 445 g/mol. The number of halogens is 1. The van der Waals surface area contributed by atoms with Crippen molar-refractivity contribution in [3.8, 4) is 0 Å². The Kier molecular flexibility index (Phi) is 4.13. The molecule has 2 aromatic carbocycles. The normalized spacial score (nSPS) is 25.0. The van der Waals surface area contributed by atoms with Gasteiger partial charge in [0.1, 0.15) is 0 Å². The van der Waals surface area contributed by atoms with Crippen molar-refractivity contribution >= 4 is 38.2 Å². The third-order valence-electron chi connectivity index (χ3n) is 5.30. The Hall–Kier alpha value is -1.44. The summed E-state index contributed by atoms with van der Waals surface area (Å²) in [6, 6.07) is 15.6. The molecule has 3 nitrogen and oxygen atoms in total. The summed E-state index contributed by atoms with van der Waals surface area (Å²) in [6.07, 6.45) is 9.15. The molecule has 0 bridgehead atoms. The Bertz CT molecular complexity index is 975. The minimum atomic E-state index is -3.65. The minimum absolute atomic E-state index is 0.0980. The highest BCUT2D eigenvalue weighted by Crippen LogP contribution is 2.58. The van der Waals surface area contributed by atoms with Gasteiger partial charge in [-0.3, -0.25) is 0 Å². The van der Waals surface area contributed by atoms with E-state index in [2.05, 4.69) is 65.1 Å². The van der Waals surface area contributed by atoms with Crippen molar-refractivity contribution in [1.29, 1.82) is 0 Å². The van der Waals surface area contributed by atoms with E-state index < -0.39 is 10.0 Å². The van der Waals surface area contributed by atoms with Crippen LogP contribution < -0.4 is 5.14 Å². The van der Waals surface area contributed by atoms with Crippen LogP contribution in [0.2, 0.25) is 0 Å². The zero-order valence-corrected chi connectivity index (χ0v) is 16.5. The molecule has 5 heteroatoms. The maximum atomic E-state index is 11.4. The van der Waals surface area contributed by atoms with Crippen LogP contribution in [0.4, 0.5) is 0 Å². The van der Waals surface area contributed by atoms with E-state index in [1.165, 1.54) is 15.6 Å². The summed E-state index contributed by atoms with van der Waals surface area (Å²) in [7, 11) is -3.65. The van der Waals surface area contributed by atoms with Gasteiger partial charge < -0.3 is 0 Å². The molecule has 2 aliphatic rings. The first kappa shape index (κ1) is 17.0. The summed E-state index contributed by atoms with van der Waals surface area (Å²) in [6.45, 7) is 0. The lowest BCUT2D eigenvalue weighted by atomic mass is 9.58. The zero-order valence-electron chi connectivity index (χ0n) is 13.5. The monoisotopic (exact) mass is 463 g/mol. The van der Waals surface area contributed by atoms with Crippen LogP contribution >= 0.6 is 22.6 Å². The van der Waals surface area contributed by atoms with E-state index in [0.717, 1.165) is 17.6 Å². The lowest BCUT2D eigenvalue weighted by Crippen LogP contribution is -2.33. The second-order valence-electron chi connectivity index (χ2n) is 6.76. The Morgan fingerprint density at radius 2 is 1.72 bits per heavy atom. The van der Waals surface area contributed by atoms with Gasteiger partial charge in [0.15, 0.2) is 0 Å². The van der Waals surface area contributed by atoms with Crippen LogP contribution in [0.1, 0.15) is 29.9 Å². The molecule has 4 rings (SSSR count). The Morgan fingerprint density at radius 1 is 1.04 bits per heavy atom. The molecular formula is C20H18INO2S. The third-order valence-corrected chi connectivity index (χ3v) is 6.95. The predicted molar refractivity (Wildman–Crippen MR) is 108 cm³/mol. The molecule has 25 heavy (non-hydrogen) atoms. The molecule has 2 N–H and O–H groups in total.